The maximum atomic E-state index is 12.0. The van der Waals surface area contributed by atoms with Crippen molar-refractivity contribution in [2.45, 2.75) is 26.4 Å². The monoisotopic (exact) mass is 309 g/mol. The van der Waals surface area contributed by atoms with Crippen molar-refractivity contribution in [1.82, 2.24) is 14.5 Å². The van der Waals surface area contributed by atoms with Crippen molar-refractivity contribution in [3.8, 4) is 0 Å². The molecular formula is C11H11N5O6. The molecule has 0 aliphatic rings. The maximum Gasteiger partial charge on any atom is 0.423 e. The minimum absolute atomic E-state index is 0.235. The molecule has 0 N–H and O–H groups in total. The van der Waals surface area contributed by atoms with Gasteiger partial charge in [0.25, 0.3) is 5.65 Å². The van der Waals surface area contributed by atoms with Crippen LogP contribution in [0, 0.1) is 20.2 Å². The van der Waals surface area contributed by atoms with Crippen LogP contribution >= 0.6 is 0 Å². The van der Waals surface area contributed by atoms with Crippen molar-refractivity contribution < 1.29 is 19.4 Å². The van der Waals surface area contributed by atoms with E-state index < -0.39 is 33.0 Å². The van der Waals surface area contributed by atoms with E-state index in [1.807, 2.05) is 0 Å². The SMILES string of the molecule is CC(C)(C)OC(=O)n1cnc2c([N+](=O)[O-])cc([N+](=O)[O-])nc21. The Kier molecular flexibility index (Phi) is 3.49. The second-order valence-corrected chi connectivity index (χ2v) is 5.28. The molecule has 0 spiro atoms. The molecular weight excluding hydrogens is 298 g/mol. The quantitative estimate of drug-likeness (QED) is 0.605. The molecule has 2 aromatic rings. The van der Waals surface area contributed by atoms with E-state index in [2.05, 4.69) is 9.97 Å². The standard InChI is InChI=1S/C11H11N5O6/c1-11(2,3)22-10(17)14-5-12-8-6(15(18)19)4-7(16(20)21)13-9(8)14/h4-5H,1-3H3. The van der Waals surface area contributed by atoms with Gasteiger partial charge in [0.1, 0.15) is 18.0 Å². The van der Waals surface area contributed by atoms with Crippen molar-refractivity contribution >= 4 is 28.8 Å². The molecule has 2 rings (SSSR count). The van der Waals surface area contributed by atoms with Gasteiger partial charge in [-0.15, -0.1) is 0 Å². The fourth-order valence-corrected chi connectivity index (χ4v) is 1.64. The van der Waals surface area contributed by atoms with Gasteiger partial charge in [-0.3, -0.25) is 10.1 Å². The van der Waals surface area contributed by atoms with Gasteiger partial charge >= 0.3 is 17.6 Å². The lowest BCUT2D eigenvalue weighted by Crippen LogP contribution is -2.27. The molecule has 22 heavy (non-hydrogen) atoms. The highest BCUT2D eigenvalue weighted by atomic mass is 16.6. The van der Waals surface area contributed by atoms with E-state index in [1.54, 1.807) is 20.8 Å². The number of pyridine rings is 1. The molecule has 11 nitrogen and oxygen atoms in total. The number of hydrogen-bond acceptors (Lipinski definition) is 8. The smallest absolute Gasteiger partial charge is 0.423 e. The summed E-state index contributed by atoms with van der Waals surface area (Å²) in [5.74, 6) is -0.760. The van der Waals surface area contributed by atoms with Gasteiger partial charge < -0.3 is 14.9 Å². The van der Waals surface area contributed by atoms with Gasteiger partial charge in [0.15, 0.2) is 0 Å². The lowest BCUT2D eigenvalue weighted by molar-refractivity contribution is -0.396. The molecule has 0 atom stereocenters. The predicted molar refractivity (Wildman–Crippen MR) is 72.5 cm³/mol. The number of fused-ring (bicyclic) bond motifs is 1. The van der Waals surface area contributed by atoms with Gasteiger partial charge in [-0.25, -0.2) is 9.78 Å². The van der Waals surface area contributed by atoms with Crippen LogP contribution < -0.4 is 0 Å². The average Bonchev–Trinajstić information content (AvgIpc) is 2.78. The van der Waals surface area contributed by atoms with E-state index in [4.69, 9.17) is 4.74 Å². The molecule has 2 aromatic heterocycles. The summed E-state index contributed by atoms with van der Waals surface area (Å²) >= 11 is 0. The van der Waals surface area contributed by atoms with Crippen LogP contribution in [0.5, 0.6) is 0 Å². The summed E-state index contributed by atoms with van der Waals surface area (Å²) in [6.45, 7) is 4.88. The van der Waals surface area contributed by atoms with E-state index >= 15 is 0 Å². The van der Waals surface area contributed by atoms with Gasteiger partial charge in [-0.1, -0.05) is 0 Å². The van der Waals surface area contributed by atoms with Gasteiger partial charge in [-0.05, 0) is 30.7 Å². The van der Waals surface area contributed by atoms with Gasteiger partial charge in [0.2, 0.25) is 5.52 Å². The van der Waals surface area contributed by atoms with Crippen molar-refractivity contribution in [3.05, 3.63) is 32.6 Å². The summed E-state index contributed by atoms with van der Waals surface area (Å²) in [6.07, 6.45) is 0.0833. The number of carbonyl (C=O) groups is 1. The molecule has 0 aromatic carbocycles. The summed E-state index contributed by atoms with van der Waals surface area (Å²) in [5.41, 5.74) is -1.98. The van der Waals surface area contributed by atoms with Crippen LogP contribution in [0.15, 0.2) is 12.4 Å². The minimum Gasteiger partial charge on any atom is -0.443 e. The van der Waals surface area contributed by atoms with E-state index in [0.717, 1.165) is 10.9 Å². The van der Waals surface area contributed by atoms with Crippen molar-refractivity contribution in [2.75, 3.05) is 0 Å². The number of imidazole rings is 1. The Bertz CT molecular complexity index is 790. The summed E-state index contributed by atoms with van der Waals surface area (Å²) < 4.78 is 5.89. The Morgan fingerprint density at radius 2 is 1.91 bits per heavy atom. The Hall–Kier alpha value is -3.11. The van der Waals surface area contributed by atoms with Crippen LogP contribution in [-0.4, -0.2) is 36.1 Å². The summed E-state index contributed by atoms with van der Waals surface area (Å²) in [6, 6.07) is 0.689. The highest BCUT2D eigenvalue weighted by Gasteiger charge is 2.29. The van der Waals surface area contributed by atoms with Crippen LogP contribution in [-0.2, 0) is 4.74 Å². The number of hydrogen-bond donors (Lipinski definition) is 0. The molecule has 0 unspecified atom stereocenters. The second kappa shape index (κ2) is 5.02. The zero-order valence-electron chi connectivity index (χ0n) is 11.8. The predicted octanol–water partition coefficient (Wildman–Crippen LogP) is 2.03. The first-order valence-electron chi connectivity index (χ1n) is 6.00. The maximum absolute atomic E-state index is 12.0. The third kappa shape index (κ3) is 2.82. The van der Waals surface area contributed by atoms with Gasteiger partial charge in [-0.2, -0.15) is 4.57 Å². The first-order valence-corrected chi connectivity index (χ1v) is 6.00. The molecule has 116 valence electrons. The molecule has 0 aliphatic heterocycles. The molecule has 0 bridgehead atoms. The van der Waals surface area contributed by atoms with Crippen LogP contribution in [0.4, 0.5) is 16.3 Å². The number of nitro groups is 2. The molecule has 0 fully saturated rings. The van der Waals surface area contributed by atoms with Crippen LogP contribution in [0.1, 0.15) is 20.8 Å². The van der Waals surface area contributed by atoms with Crippen molar-refractivity contribution in [1.29, 1.82) is 0 Å². The largest absolute Gasteiger partial charge is 0.443 e. The van der Waals surface area contributed by atoms with Crippen LogP contribution in [0.3, 0.4) is 0 Å². The fourth-order valence-electron chi connectivity index (χ4n) is 1.64. The van der Waals surface area contributed by atoms with Crippen molar-refractivity contribution in [2.24, 2.45) is 0 Å². The lowest BCUT2D eigenvalue weighted by Gasteiger charge is -2.18. The summed E-state index contributed by atoms with van der Waals surface area (Å²) in [5, 5.41) is 21.8. The van der Waals surface area contributed by atoms with E-state index in [9.17, 15) is 25.0 Å². The third-order valence-corrected chi connectivity index (χ3v) is 2.45. The molecule has 0 radical (unpaired) electrons. The number of aromatic nitrogens is 3. The Morgan fingerprint density at radius 1 is 1.27 bits per heavy atom. The zero-order valence-corrected chi connectivity index (χ0v) is 11.8. The number of ether oxygens (including phenoxy) is 1. The minimum atomic E-state index is -0.891. The molecule has 0 amide bonds. The summed E-state index contributed by atoms with van der Waals surface area (Å²) in [7, 11) is 0. The Morgan fingerprint density at radius 3 is 2.41 bits per heavy atom. The topological polar surface area (TPSA) is 143 Å². The molecule has 0 aliphatic carbocycles. The number of nitrogens with zero attached hydrogens (tertiary/aromatic N) is 5. The molecule has 11 heteroatoms. The Balaban J connectivity index is 2.66. The lowest BCUT2D eigenvalue weighted by atomic mass is 10.2. The fraction of sp³-hybridized carbons (Fsp3) is 0.364. The average molecular weight is 309 g/mol. The molecule has 0 saturated carbocycles. The zero-order chi connectivity index (χ0) is 16.7. The van der Waals surface area contributed by atoms with Gasteiger partial charge in [0, 0.05) is 0 Å². The van der Waals surface area contributed by atoms with Crippen molar-refractivity contribution in [3.63, 3.8) is 0 Å². The van der Waals surface area contributed by atoms with Crippen LogP contribution in [0.2, 0.25) is 0 Å². The van der Waals surface area contributed by atoms with E-state index in [1.165, 1.54) is 0 Å². The molecule has 2 heterocycles. The number of carbonyl (C=O) groups excluding carboxylic acids is 1. The van der Waals surface area contributed by atoms with E-state index in [0.29, 0.717) is 6.07 Å². The normalized spacial score (nSPS) is 11.4. The van der Waals surface area contributed by atoms with Gasteiger partial charge in [0.05, 0.1) is 4.92 Å². The molecule has 0 saturated heterocycles. The highest BCUT2D eigenvalue weighted by Crippen LogP contribution is 2.27. The second-order valence-electron chi connectivity index (χ2n) is 5.28. The first kappa shape index (κ1) is 15.3. The van der Waals surface area contributed by atoms with E-state index in [-0.39, 0.29) is 11.2 Å². The number of rotatable bonds is 2. The summed E-state index contributed by atoms with van der Waals surface area (Å²) in [4.78, 5) is 39.5. The highest BCUT2D eigenvalue weighted by molar-refractivity contribution is 5.89. The third-order valence-electron chi connectivity index (χ3n) is 2.45. The Labute approximate surface area is 122 Å². The first-order chi connectivity index (χ1) is 10.1. The van der Waals surface area contributed by atoms with Crippen LogP contribution in [0.25, 0.3) is 11.2 Å².